The summed E-state index contributed by atoms with van der Waals surface area (Å²) in [6.45, 7) is 2.44. The SMILES string of the molecule is Cc1cnc(CNc2c(N)cccc2C(=O)O)s1. The number of para-hydroxylation sites is 1. The summed E-state index contributed by atoms with van der Waals surface area (Å²) in [5.41, 5.74) is 6.82. The van der Waals surface area contributed by atoms with Crippen LogP contribution < -0.4 is 11.1 Å². The number of rotatable bonds is 4. The summed E-state index contributed by atoms with van der Waals surface area (Å²) in [6, 6.07) is 4.81. The van der Waals surface area contributed by atoms with Crippen LogP contribution in [0.15, 0.2) is 24.4 Å². The standard InChI is InChI=1S/C12H13N3O2S/c1-7-5-14-10(18-7)6-15-11-8(12(16)17)3-2-4-9(11)13/h2-5,15H,6,13H2,1H3,(H,16,17). The van der Waals surface area contributed by atoms with E-state index in [2.05, 4.69) is 10.3 Å². The number of hydrogen-bond acceptors (Lipinski definition) is 5. The fraction of sp³-hybridized carbons (Fsp3) is 0.167. The van der Waals surface area contributed by atoms with Gasteiger partial charge in [-0.2, -0.15) is 0 Å². The summed E-state index contributed by atoms with van der Waals surface area (Å²) in [6.07, 6.45) is 1.79. The minimum atomic E-state index is -1.000. The normalized spacial score (nSPS) is 10.3. The van der Waals surface area contributed by atoms with Crippen LogP contribution in [0.1, 0.15) is 20.2 Å². The summed E-state index contributed by atoms with van der Waals surface area (Å²) in [5.74, 6) is -1.000. The molecule has 1 aromatic heterocycles. The predicted molar refractivity (Wildman–Crippen MR) is 72.0 cm³/mol. The van der Waals surface area contributed by atoms with Crippen LogP contribution in [-0.4, -0.2) is 16.1 Å². The van der Waals surface area contributed by atoms with E-state index in [1.54, 1.807) is 29.7 Å². The van der Waals surface area contributed by atoms with Gasteiger partial charge in [0.05, 0.1) is 23.5 Å². The van der Waals surface area contributed by atoms with Crippen LogP contribution in [0.3, 0.4) is 0 Å². The number of benzene rings is 1. The van der Waals surface area contributed by atoms with Crippen LogP contribution in [-0.2, 0) is 6.54 Å². The highest BCUT2D eigenvalue weighted by Crippen LogP contribution is 2.24. The molecule has 18 heavy (non-hydrogen) atoms. The number of nitrogens with one attached hydrogen (secondary N) is 1. The molecule has 1 heterocycles. The molecule has 1 aromatic carbocycles. The molecule has 0 unspecified atom stereocenters. The summed E-state index contributed by atoms with van der Waals surface area (Å²) in [4.78, 5) is 16.4. The third-order valence-electron chi connectivity index (χ3n) is 2.41. The molecule has 6 heteroatoms. The second-order valence-electron chi connectivity index (χ2n) is 3.79. The molecule has 0 aliphatic heterocycles. The molecule has 0 aliphatic carbocycles. The van der Waals surface area contributed by atoms with Gasteiger partial charge in [0.2, 0.25) is 0 Å². The van der Waals surface area contributed by atoms with Crippen molar-refractivity contribution in [3.63, 3.8) is 0 Å². The summed E-state index contributed by atoms with van der Waals surface area (Å²) < 4.78 is 0. The molecule has 0 amide bonds. The second-order valence-corrected chi connectivity index (χ2v) is 5.11. The van der Waals surface area contributed by atoms with Crippen LogP contribution in [0.4, 0.5) is 11.4 Å². The van der Waals surface area contributed by atoms with Crippen molar-refractivity contribution in [1.29, 1.82) is 0 Å². The van der Waals surface area contributed by atoms with Gasteiger partial charge in [-0.25, -0.2) is 9.78 Å². The zero-order valence-electron chi connectivity index (χ0n) is 9.80. The molecule has 2 rings (SSSR count). The van der Waals surface area contributed by atoms with E-state index in [1.165, 1.54) is 6.07 Å². The van der Waals surface area contributed by atoms with Crippen molar-refractivity contribution in [3.8, 4) is 0 Å². The largest absolute Gasteiger partial charge is 0.478 e. The summed E-state index contributed by atoms with van der Waals surface area (Å²) in [5, 5.41) is 13.0. The quantitative estimate of drug-likeness (QED) is 0.737. The average molecular weight is 263 g/mol. The zero-order chi connectivity index (χ0) is 13.1. The monoisotopic (exact) mass is 263 g/mol. The lowest BCUT2D eigenvalue weighted by atomic mass is 10.1. The fourth-order valence-corrected chi connectivity index (χ4v) is 2.32. The molecule has 0 atom stereocenters. The lowest BCUT2D eigenvalue weighted by Gasteiger charge is -2.10. The van der Waals surface area contributed by atoms with Crippen molar-refractivity contribution >= 4 is 28.7 Å². The zero-order valence-corrected chi connectivity index (χ0v) is 10.6. The van der Waals surface area contributed by atoms with E-state index in [9.17, 15) is 4.79 Å². The number of carboxylic acid groups (broad SMARTS) is 1. The number of aromatic nitrogens is 1. The highest BCUT2D eigenvalue weighted by molar-refractivity contribution is 7.11. The Morgan fingerprint density at radius 2 is 2.33 bits per heavy atom. The Morgan fingerprint density at radius 3 is 2.94 bits per heavy atom. The minimum absolute atomic E-state index is 0.170. The number of nitrogen functional groups attached to an aromatic ring is 1. The molecule has 2 aromatic rings. The number of anilines is 2. The molecule has 0 bridgehead atoms. The van der Waals surface area contributed by atoms with Gasteiger partial charge in [0, 0.05) is 11.1 Å². The van der Waals surface area contributed by atoms with Gasteiger partial charge >= 0.3 is 5.97 Å². The second kappa shape index (κ2) is 5.05. The molecule has 0 aliphatic rings. The Hall–Kier alpha value is -2.08. The predicted octanol–water partition coefficient (Wildman–Crippen LogP) is 2.34. The van der Waals surface area contributed by atoms with Crippen LogP contribution in [0.25, 0.3) is 0 Å². The highest BCUT2D eigenvalue weighted by Gasteiger charge is 2.12. The lowest BCUT2D eigenvalue weighted by molar-refractivity contribution is 0.0698. The van der Waals surface area contributed by atoms with Gasteiger partial charge in [-0.15, -0.1) is 11.3 Å². The maximum Gasteiger partial charge on any atom is 0.337 e. The third kappa shape index (κ3) is 2.60. The Morgan fingerprint density at radius 1 is 1.56 bits per heavy atom. The molecule has 94 valence electrons. The Labute approximate surface area is 108 Å². The first kappa shape index (κ1) is 12.4. The molecule has 0 saturated heterocycles. The third-order valence-corrected chi connectivity index (χ3v) is 3.33. The van der Waals surface area contributed by atoms with Crippen molar-refractivity contribution in [2.75, 3.05) is 11.1 Å². The maximum atomic E-state index is 11.1. The lowest BCUT2D eigenvalue weighted by Crippen LogP contribution is -2.08. The smallest absolute Gasteiger partial charge is 0.337 e. The van der Waals surface area contributed by atoms with Crippen molar-refractivity contribution in [2.45, 2.75) is 13.5 Å². The molecule has 0 saturated carbocycles. The Kier molecular flexibility index (Phi) is 3.47. The van der Waals surface area contributed by atoms with E-state index >= 15 is 0 Å². The van der Waals surface area contributed by atoms with E-state index in [4.69, 9.17) is 10.8 Å². The Balaban J connectivity index is 2.20. The minimum Gasteiger partial charge on any atom is -0.478 e. The fourth-order valence-electron chi connectivity index (χ4n) is 1.59. The molecular formula is C12H13N3O2S. The van der Waals surface area contributed by atoms with Gasteiger partial charge in [-0.1, -0.05) is 6.07 Å². The van der Waals surface area contributed by atoms with E-state index in [-0.39, 0.29) is 5.56 Å². The first-order chi connectivity index (χ1) is 8.58. The van der Waals surface area contributed by atoms with Gasteiger partial charge in [-0.05, 0) is 19.1 Å². The average Bonchev–Trinajstić information content (AvgIpc) is 2.73. The van der Waals surface area contributed by atoms with E-state index in [1.807, 2.05) is 6.92 Å². The van der Waals surface area contributed by atoms with E-state index in [0.717, 1.165) is 9.88 Å². The molecule has 0 fully saturated rings. The van der Waals surface area contributed by atoms with Crippen LogP contribution in [0.5, 0.6) is 0 Å². The number of nitrogens with two attached hydrogens (primary N) is 1. The summed E-state index contributed by atoms with van der Waals surface area (Å²) in [7, 11) is 0. The van der Waals surface area contributed by atoms with Crippen molar-refractivity contribution in [2.24, 2.45) is 0 Å². The van der Waals surface area contributed by atoms with Gasteiger partial charge < -0.3 is 16.2 Å². The van der Waals surface area contributed by atoms with E-state index < -0.39 is 5.97 Å². The first-order valence-corrected chi connectivity index (χ1v) is 6.16. The van der Waals surface area contributed by atoms with Gasteiger partial charge in [-0.3, -0.25) is 0 Å². The number of carboxylic acids is 1. The molecule has 0 spiro atoms. The maximum absolute atomic E-state index is 11.1. The number of aryl methyl sites for hydroxylation is 1. The van der Waals surface area contributed by atoms with Crippen molar-refractivity contribution in [3.05, 3.63) is 39.8 Å². The van der Waals surface area contributed by atoms with Gasteiger partial charge in [0.25, 0.3) is 0 Å². The van der Waals surface area contributed by atoms with E-state index in [0.29, 0.717) is 17.9 Å². The van der Waals surface area contributed by atoms with Gasteiger partial charge in [0.1, 0.15) is 5.01 Å². The van der Waals surface area contributed by atoms with Crippen LogP contribution >= 0.6 is 11.3 Å². The number of nitrogens with zero attached hydrogens (tertiary/aromatic N) is 1. The van der Waals surface area contributed by atoms with Crippen LogP contribution in [0.2, 0.25) is 0 Å². The Bertz CT molecular complexity index is 580. The number of thiazole rings is 1. The highest BCUT2D eigenvalue weighted by atomic mass is 32.1. The number of carbonyl (C=O) groups is 1. The van der Waals surface area contributed by atoms with Gasteiger partial charge in [0.15, 0.2) is 0 Å². The van der Waals surface area contributed by atoms with Crippen molar-refractivity contribution in [1.82, 2.24) is 4.98 Å². The molecule has 0 radical (unpaired) electrons. The van der Waals surface area contributed by atoms with Crippen LogP contribution in [0, 0.1) is 6.92 Å². The number of aromatic carboxylic acids is 1. The number of hydrogen-bond donors (Lipinski definition) is 3. The summed E-state index contributed by atoms with van der Waals surface area (Å²) >= 11 is 1.57. The molecule has 4 N–H and O–H groups in total. The first-order valence-electron chi connectivity index (χ1n) is 5.35. The van der Waals surface area contributed by atoms with Crippen molar-refractivity contribution < 1.29 is 9.90 Å². The topological polar surface area (TPSA) is 88.2 Å². The molecule has 5 nitrogen and oxygen atoms in total. The molecular weight excluding hydrogens is 250 g/mol.